The molecule has 1 aliphatic rings. The minimum atomic E-state index is 0.288. The van der Waals surface area contributed by atoms with E-state index in [1.807, 2.05) is 11.3 Å². The van der Waals surface area contributed by atoms with Crippen molar-refractivity contribution in [3.05, 3.63) is 21.9 Å². The summed E-state index contributed by atoms with van der Waals surface area (Å²) in [6.07, 6.45) is 4.12. The van der Waals surface area contributed by atoms with Gasteiger partial charge in [0.2, 0.25) is 0 Å². The van der Waals surface area contributed by atoms with E-state index in [1.54, 1.807) is 0 Å². The lowest BCUT2D eigenvalue weighted by Crippen LogP contribution is -2.38. The van der Waals surface area contributed by atoms with Gasteiger partial charge in [-0.05, 0) is 48.6 Å². The molecule has 3 unspecified atom stereocenters. The molecule has 0 saturated heterocycles. The highest BCUT2D eigenvalue weighted by molar-refractivity contribution is 7.12. The molecule has 1 fully saturated rings. The van der Waals surface area contributed by atoms with Gasteiger partial charge in [0.15, 0.2) is 0 Å². The molecule has 0 bridgehead atoms. The van der Waals surface area contributed by atoms with Gasteiger partial charge in [0, 0.05) is 22.3 Å². The van der Waals surface area contributed by atoms with Crippen LogP contribution in [0.25, 0.3) is 0 Å². The van der Waals surface area contributed by atoms with Crippen molar-refractivity contribution in [3.8, 4) is 0 Å². The number of nitrogens with one attached hydrogen (secondary N) is 1. The summed E-state index contributed by atoms with van der Waals surface area (Å²) in [6.45, 7) is 12.7. The van der Waals surface area contributed by atoms with E-state index in [0.717, 1.165) is 24.4 Å². The quantitative estimate of drug-likeness (QED) is 0.824. The molecule has 1 N–H and O–H groups in total. The highest BCUT2D eigenvalue weighted by Crippen LogP contribution is 2.31. The zero-order valence-corrected chi connectivity index (χ0v) is 13.9. The molecule has 0 aliphatic heterocycles. The second-order valence-electron chi connectivity index (χ2n) is 7.40. The Morgan fingerprint density at radius 1 is 1.21 bits per heavy atom. The first kappa shape index (κ1) is 15.1. The van der Waals surface area contributed by atoms with Crippen molar-refractivity contribution in [2.24, 2.45) is 11.8 Å². The van der Waals surface area contributed by atoms with Crippen molar-refractivity contribution in [2.45, 2.75) is 71.9 Å². The van der Waals surface area contributed by atoms with Crippen LogP contribution in [0.15, 0.2) is 12.1 Å². The van der Waals surface area contributed by atoms with Crippen LogP contribution in [0.1, 0.15) is 63.6 Å². The average molecular weight is 279 g/mol. The van der Waals surface area contributed by atoms with Gasteiger partial charge in [-0.25, -0.2) is 0 Å². The molecule has 2 rings (SSSR count). The van der Waals surface area contributed by atoms with Crippen LogP contribution in [0, 0.1) is 11.8 Å². The number of hydrogen-bond acceptors (Lipinski definition) is 2. The van der Waals surface area contributed by atoms with Crippen LogP contribution in [0.4, 0.5) is 0 Å². The van der Waals surface area contributed by atoms with E-state index in [2.05, 4.69) is 52.1 Å². The van der Waals surface area contributed by atoms with Crippen LogP contribution >= 0.6 is 11.3 Å². The molecule has 0 radical (unpaired) electrons. The highest BCUT2D eigenvalue weighted by Gasteiger charge is 2.25. The number of thiophene rings is 1. The summed E-state index contributed by atoms with van der Waals surface area (Å²) in [5.41, 5.74) is 0.288. The zero-order chi connectivity index (χ0) is 14.0. The maximum absolute atomic E-state index is 3.78. The molecule has 0 spiro atoms. The molecule has 1 saturated carbocycles. The van der Waals surface area contributed by atoms with Crippen molar-refractivity contribution in [2.75, 3.05) is 0 Å². The fourth-order valence-electron chi connectivity index (χ4n) is 3.08. The van der Waals surface area contributed by atoms with Gasteiger partial charge in [0.05, 0.1) is 0 Å². The van der Waals surface area contributed by atoms with Crippen LogP contribution in [0.2, 0.25) is 0 Å². The molecule has 0 amide bonds. The molecular formula is C17H29NS. The summed E-state index contributed by atoms with van der Waals surface area (Å²) in [5, 5.41) is 3.78. The van der Waals surface area contributed by atoms with E-state index >= 15 is 0 Å². The standard InChI is InChI=1S/C17H29NS/c1-12-6-8-15(13(2)10-12)18-11-14-7-9-16(19-14)17(3,4)5/h7,9,12-13,15,18H,6,8,10-11H2,1-5H3. The Morgan fingerprint density at radius 2 is 1.95 bits per heavy atom. The summed E-state index contributed by atoms with van der Waals surface area (Å²) >= 11 is 1.97. The Labute approximate surface area is 122 Å². The van der Waals surface area contributed by atoms with Crippen LogP contribution in [0.5, 0.6) is 0 Å². The number of hydrogen-bond donors (Lipinski definition) is 1. The molecule has 1 nitrogen and oxygen atoms in total. The Kier molecular flexibility index (Phi) is 4.73. The molecule has 0 aromatic carbocycles. The third kappa shape index (κ3) is 4.06. The number of rotatable bonds is 3. The summed E-state index contributed by atoms with van der Waals surface area (Å²) in [4.78, 5) is 2.98. The lowest BCUT2D eigenvalue weighted by molar-refractivity contribution is 0.227. The van der Waals surface area contributed by atoms with E-state index in [-0.39, 0.29) is 5.41 Å². The second-order valence-corrected chi connectivity index (χ2v) is 8.57. The molecule has 2 heteroatoms. The third-order valence-corrected chi connectivity index (χ3v) is 5.88. The Hall–Kier alpha value is -0.340. The lowest BCUT2D eigenvalue weighted by atomic mass is 9.80. The van der Waals surface area contributed by atoms with Gasteiger partial charge in [-0.3, -0.25) is 0 Å². The van der Waals surface area contributed by atoms with E-state index < -0.39 is 0 Å². The second kappa shape index (κ2) is 5.97. The topological polar surface area (TPSA) is 12.0 Å². The SMILES string of the molecule is CC1CCC(NCc2ccc(C(C)(C)C)s2)C(C)C1. The average Bonchev–Trinajstić information content (AvgIpc) is 2.76. The predicted octanol–water partition coefficient (Wildman–Crippen LogP) is 4.96. The third-order valence-electron chi connectivity index (χ3n) is 4.37. The zero-order valence-electron chi connectivity index (χ0n) is 13.1. The molecule has 1 aliphatic carbocycles. The minimum absolute atomic E-state index is 0.288. The monoisotopic (exact) mass is 279 g/mol. The maximum atomic E-state index is 3.78. The molecule has 1 aromatic heterocycles. The first-order chi connectivity index (χ1) is 8.86. The van der Waals surface area contributed by atoms with Gasteiger partial charge in [0.25, 0.3) is 0 Å². The van der Waals surface area contributed by atoms with E-state index in [9.17, 15) is 0 Å². The molecule has 108 valence electrons. The van der Waals surface area contributed by atoms with Crippen LogP contribution in [0.3, 0.4) is 0 Å². The van der Waals surface area contributed by atoms with Crippen LogP contribution in [-0.4, -0.2) is 6.04 Å². The highest BCUT2D eigenvalue weighted by atomic mass is 32.1. The summed E-state index contributed by atoms with van der Waals surface area (Å²) in [7, 11) is 0. The Balaban J connectivity index is 1.87. The molecular weight excluding hydrogens is 250 g/mol. The van der Waals surface area contributed by atoms with Crippen molar-refractivity contribution in [1.29, 1.82) is 0 Å². The van der Waals surface area contributed by atoms with Gasteiger partial charge in [0.1, 0.15) is 0 Å². The molecule has 3 atom stereocenters. The summed E-state index contributed by atoms with van der Waals surface area (Å²) in [5.74, 6) is 1.74. The Morgan fingerprint density at radius 3 is 2.53 bits per heavy atom. The maximum Gasteiger partial charge on any atom is 0.0302 e. The van der Waals surface area contributed by atoms with Gasteiger partial charge < -0.3 is 5.32 Å². The predicted molar refractivity (Wildman–Crippen MR) is 85.8 cm³/mol. The van der Waals surface area contributed by atoms with E-state index in [0.29, 0.717) is 0 Å². The van der Waals surface area contributed by atoms with E-state index in [4.69, 9.17) is 0 Å². The normalized spacial score (nSPS) is 28.6. The summed E-state index contributed by atoms with van der Waals surface area (Å²) < 4.78 is 0. The van der Waals surface area contributed by atoms with Gasteiger partial charge in [-0.15, -0.1) is 11.3 Å². The van der Waals surface area contributed by atoms with Crippen molar-refractivity contribution >= 4 is 11.3 Å². The van der Waals surface area contributed by atoms with Crippen LogP contribution < -0.4 is 5.32 Å². The fourth-order valence-corrected chi connectivity index (χ4v) is 4.09. The van der Waals surface area contributed by atoms with Crippen molar-refractivity contribution in [1.82, 2.24) is 5.32 Å². The largest absolute Gasteiger partial charge is 0.309 e. The van der Waals surface area contributed by atoms with Crippen LogP contribution in [-0.2, 0) is 12.0 Å². The summed E-state index contributed by atoms with van der Waals surface area (Å²) in [6, 6.07) is 5.32. The van der Waals surface area contributed by atoms with Gasteiger partial charge >= 0.3 is 0 Å². The first-order valence-electron chi connectivity index (χ1n) is 7.69. The smallest absolute Gasteiger partial charge is 0.0302 e. The lowest BCUT2D eigenvalue weighted by Gasteiger charge is -2.33. The van der Waals surface area contributed by atoms with E-state index in [1.165, 1.54) is 29.0 Å². The Bertz CT molecular complexity index is 402. The molecule has 1 heterocycles. The van der Waals surface area contributed by atoms with Gasteiger partial charge in [-0.1, -0.05) is 34.6 Å². The molecule has 19 heavy (non-hydrogen) atoms. The fraction of sp³-hybridized carbons (Fsp3) is 0.765. The molecule has 1 aromatic rings. The minimum Gasteiger partial charge on any atom is -0.309 e. The van der Waals surface area contributed by atoms with Crippen molar-refractivity contribution in [3.63, 3.8) is 0 Å². The van der Waals surface area contributed by atoms with Gasteiger partial charge in [-0.2, -0.15) is 0 Å². The van der Waals surface area contributed by atoms with Crippen molar-refractivity contribution < 1.29 is 0 Å². The first-order valence-corrected chi connectivity index (χ1v) is 8.50.